The number of hydrogen-bond acceptors (Lipinski definition) is 2. The topological polar surface area (TPSA) is 16.4 Å². The molecule has 0 saturated heterocycles. The first-order valence-electron chi connectivity index (χ1n) is 12.2. The van der Waals surface area contributed by atoms with E-state index in [0.29, 0.717) is 0 Å². The van der Waals surface area contributed by atoms with Gasteiger partial charge in [-0.15, -0.1) is 0 Å². The molecule has 0 atom stereocenters. The summed E-state index contributed by atoms with van der Waals surface area (Å²) in [4.78, 5) is 2.34. The Kier molecular flexibility index (Phi) is 4.82. The van der Waals surface area contributed by atoms with E-state index in [2.05, 4.69) is 144 Å². The Bertz CT molecular complexity index is 1780. The van der Waals surface area contributed by atoms with Gasteiger partial charge >= 0.3 is 0 Å². The molecule has 0 amide bonds. The maximum atomic E-state index is 6.45. The lowest BCUT2D eigenvalue weighted by atomic mass is 9.94. The van der Waals surface area contributed by atoms with E-state index in [9.17, 15) is 0 Å². The van der Waals surface area contributed by atoms with E-state index in [1.165, 1.54) is 10.8 Å². The van der Waals surface area contributed by atoms with Crippen molar-refractivity contribution in [2.45, 2.75) is 0 Å². The molecule has 7 rings (SSSR count). The maximum absolute atomic E-state index is 6.45. The number of fused-ring (bicyclic) bond motifs is 5. The predicted octanol–water partition coefficient (Wildman–Crippen LogP) is 9.88. The monoisotopic (exact) mass is 461 g/mol. The molecule has 2 heteroatoms. The highest BCUT2D eigenvalue weighted by Crippen LogP contribution is 2.48. The number of furan rings is 1. The Labute approximate surface area is 209 Å². The van der Waals surface area contributed by atoms with Gasteiger partial charge in [-0.1, -0.05) is 97.1 Å². The zero-order valence-electron chi connectivity index (χ0n) is 19.6. The molecule has 6 aromatic carbocycles. The lowest BCUT2D eigenvalue weighted by molar-refractivity contribution is 0.669. The van der Waals surface area contributed by atoms with E-state index in [0.717, 1.165) is 50.1 Å². The van der Waals surface area contributed by atoms with E-state index < -0.39 is 0 Å². The molecule has 0 spiro atoms. The van der Waals surface area contributed by atoms with Crippen LogP contribution in [0.15, 0.2) is 144 Å². The van der Waals surface area contributed by atoms with Gasteiger partial charge < -0.3 is 9.32 Å². The summed E-state index contributed by atoms with van der Waals surface area (Å²) >= 11 is 0. The van der Waals surface area contributed by atoms with Crippen LogP contribution in [0.25, 0.3) is 43.8 Å². The highest BCUT2D eigenvalue weighted by molar-refractivity contribution is 6.24. The third kappa shape index (κ3) is 3.27. The molecule has 36 heavy (non-hydrogen) atoms. The molecule has 7 aromatic rings. The van der Waals surface area contributed by atoms with Gasteiger partial charge in [0, 0.05) is 27.7 Å². The number of benzene rings is 6. The maximum Gasteiger partial charge on any atom is 0.136 e. The zero-order valence-corrected chi connectivity index (χ0v) is 19.6. The molecule has 0 aliphatic rings. The second kappa shape index (κ2) is 8.44. The number of rotatable bonds is 4. The van der Waals surface area contributed by atoms with Gasteiger partial charge in [0.15, 0.2) is 0 Å². The minimum Gasteiger partial charge on any atom is -0.456 e. The van der Waals surface area contributed by atoms with Crippen LogP contribution < -0.4 is 4.90 Å². The summed E-state index contributed by atoms with van der Waals surface area (Å²) < 4.78 is 6.45. The van der Waals surface area contributed by atoms with Crippen LogP contribution >= 0.6 is 0 Å². The van der Waals surface area contributed by atoms with Gasteiger partial charge in [-0.3, -0.25) is 0 Å². The molecule has 0 aliphatic carbocycles. The Morgan fingerprint density at radius 1 is 0.444 bits per heavy atom. The fourth-order valence-corrected chi connectivity index (χ4v) is 5.28. The normalized spacial score (nSPS) is 11.3. The Hall–Kier alpha value is -4.82. The van der Waals surface area contributed by atoms with E-state index in [-0.39, 0.29) is 0 Å². The zero-order chi connectivity index (χ0) is 23.9. The number of hydrogen-bond donors (Lipinski definition) is 0. The predicted molar refractivity (Wildman–Crippen MR) is 151 cm³/mol. The van der Waals surface area contributed by atoms with Gasteiger partial charge in [-0.25, -0.2) is 0 Å². The molecule has 1 heterocycles. The first kappa shape index (κ1) is 20.5. The van der Waals surface area contributed by atoms with Gasteiger partial charge in [0.25, 0.3) is 0 Å². The van der Waals surface area contributed by atoms with Gasteiger partial charge in [0.2, 0.25) is 0 Å². The number of nitrogens with zero attached hydrogens (tertiary/aromatic N) is 1. The molecule has 0 saturated carbocycles. The molecular formula is C34H23NO. The molecule has 0 unspecified atom stereocenters. The Morgan fingerprint density at radius 2 is 1.00 bits per heavy atom. The molecule has 1 aromatic heterocycles. The van der Waals surface area contributed by atoms with Gasteiger partial charge in [-0.05, 0) is 58.8 Å². The van der Waals surface area contributed by atoms with Crippen molar-refractivity contribution in [3.63, 3.8) is 0 Å². The summed E-state index contributed by atoms with van der Waals surface area (Å²) in [5.74, 6) is 0. The second-order valence-electron chi connectivity index (χ2n) is 8.97. The van der Waals surface area contributed by atoms with E-state index in [1.807, 2.05) is 0 Å². The van der Waals surface area contributed by atoms with Crippen LogP contribution in [0.1, 0.15) is 0 Å². The van der Waals surface area contributed by atoms with E-state index >= 15 is 0 Å². The van der Waals surface area contributed by atoms with Crippen molar-refractivity contribution in [1.82, 2.24) is 0 Å². The standard InChI is InChI=1S/C34H23NO/c1-4-13-25(14-5-1)32-29(35(26-15-6-2-7-16-26)27-17-8-3-9-18-27)21-23-31-34(32)33-28-19-11-10-12-24(28)20-22-30(33)36-31/h1-23H. The van der Waals surface area contributed by atoms with Crippen LogP contribution in [0.4, 0.5) is 17.1 Å². The van der Waals surface area contributed by atoms with E-state index in [1.54, 1.807) is 0 Å². The van der Waals surface area contributed by atoms with Crippen molar-refractivity contribution < 1.29 is 4.42 Å². The Balaban J connectivity index is 1.66. The summed E-state index contributed by atoms with van der Waals surface area (Å²) in [5, 5.41) is 4.71. The van der Waals surface area contributed by atoms with Crippen LogP contribution in [0.3, 0.4) is 0 Å². The van der Waals surface area contributed by atoms with E-state index in [4.69, 9.17) is 4.42 Å². The molecule has 0 N–H and O–H groups in total. The summed E-state index contributed by atoms with van der Waals surface area (Å²) in [5.41, 5.74) is 7.45. The average Bonchev–Trinajstić information content (AvgIpc) is 3.34. The van der Waals surface area contributed by atoms with Gasteiger partial charge in [-0.2, -0.15) is 0 Å². The first-order chi connectivity index (χ1) is 17.9. The van der Waals surface area contributed by atoms with Crippen LogP contribution in [0, 0.1) is 0 Å². The highest BCUT2D eigenvalue weighted by Gasteiger charge is 2.23. The van der Waals surface area contributed by atoms with Crippen LogP contribution in [0.5, 0.6) is 0 Å². The fraction of sp³-hybridized carbons (Fsp3) is 0. The Morgan fingerprint density at radius 3 is 1.69 bits per heavy atom. The first-order valence-corrected chi connectivity index (χ1v) is 12.2. The summed E-state index contributed by atoms with van der Waals surface area (Å²) in [6.45, 7) is 0. The third-order valence-corrected chi connectivity index (χ3v) is 6.84. The smallest absolute Gasteiger partial charge is 0.136 e. The fourth-order valence-electron chi connectivity index (χ4n) is 5.28. The minimum absolute atomic E-state index is 0.894. The van der Waals surface area contributed by atoms with Crippen molar-refractivity contribution in [2.24, 2.45) is 0 Å². The van der Waals surface area contributed by atoms with Crippen molar-refractivity contribution in [2.75, 3.05) is 4.90 Å². The van der Waals surface area contributed by atoms with Crippen molar-refractivity contribution in [1.29, 1.82) is 0 Å². The number of para-hydroxylation sites is 2. The molecule has 0 bridgehead atoms. The molecule has 0 radical (unpaired) electrons. The summed E-state index contributed by atoms with van der Waals surface area (Å²) in [7, 11) is 0. The molecule has 0 aliphatic heterocycles. The minimum atomic E-state index is 0.894. The van der Waals surface area contributed by atoms with Gasteiger partial charge in [0.1, 0.15) is 11.2 Å². The lowest BCUT2D eigenvalue weighted by Crippen LogP contribution is -2.11. The summed E-state index contributed by atoms with van der Waals surface area (Å²) in [6, 6.07) is 48.9. The lowest BCUT2D eigenvalue weighted by Gasteiger charge is -2.28. The number of anilines is 3. The van der Waals surface area contributed by atoms with Crippen LogP contribution in [-0.2, 0) is 0 Å². The molecule has 2 nitrogen and oxygen atoms in total. The van der Waals surface area contributed by atoms with Crippen molar-refractivity contribution in [3.8, 4) is 11.1 Å². The quantitative estimate of drug-likeness (QED) is 0.259. The van der Waals surface area contributed by atoms with Crippen molar-refractivity contribution >= 4 is 49.8 Å². The summed E-state index contributed by atoms with van der Waals surface area (Å²) in [6.07, 6.45) is 0. The van der Waals surface area contributed by atoms with Crippen LogP contribution in [-0.4, -0.2) is 0 Å². The van der Waals surface area contributed by atoms with Crippen molar-refractivity contribution in [3.05, 3.63) is 140 Å². The third-order valence-electron chi connectivity index (χ3n) is 6.84. The average molecular weight is 462 g/mol. The molecule has 170 valence electrons. The van der Waals surface area contributed by atoms with Gasteiger partial charge in [0.05, 0.1) is 5.69 Å². The SMILES string of the molecule is c1ccc(-c2c(N(c3ccccc3)c3ccccc3)ccc3oc4ccc5ccccc5c4c23)cc1. The molecular weight excluding hydrogens is 438 g/mol. The largest absolute Gasteiger partial charge is 0.456 e. The van der Waals surface area contributed by atoms with Crippen LogP contribution in [0.2, 0.25) is 0 Å². The second-order valence-corrected chi connectivity index (χ2v) is 8.97. The highest BCUT2D eigenvalue weighted by atomic mass is 16.3. The molecule has 0 fully saturated rings.